The number of carbonyl (C=O) groups is 2. The number of hydrogen-bond acceptors (Lipinski definition) is 5. The molecule has 1 fully saturated rings. The molecule has 35 heavy (non-hydrogen) atoms. The number of nitrogens with zero attached hydrogens (tertiary/aromatic N) is 1. The van der Waals surface area contributed by atoms with E-state index in [0.717, 1.165) is 18.4 Å². The van der Waals surface area contributed by atoms with Crippen LogP contribution < -0.4 is 14.8 Å². The van der Waals surface area contributed by atoms with Gasteiger partial charge in [-0.3, -0.25) is 9.59 Å². The standard InChI is InChI=1S/C27H24F2N2O4/c28-27(29)10-12-34-24-8-3-18(15-23(24)27)14-20(32)13-17-1-6-21(7-2-17)35-22-9-11-30-25(16-22)31-26(33)19-4-5-19/h1-3,6-9,11,15-16,19H,4-5,10,12-14H2,(H,30,31,33). The third-order valence-electron chi connectivity index (χ3n) is 6.00. The summed E-state index contributed by atoms with van der Waals surface area (Å²) in [6.07, 6.45) is 3.27. The number of nitrogens with one attached hydrogen (secondary N) is 1. The Morgan fingerprint density at radius 3 is 2.51 bits per heavy atom. The molecule has 1 aromatic heterocycles. The number of carbonyl (C=O) groups excluding carboxylic acids is 2. The van der Waals surface area contributed by atoms with Crippen LogP contribution in [0.2, 0.25) is 0 Å². The molecule has 0 bridgehead atoms. The molecule has 2 aromatic carbocycles. The van der Waals surface area contributed by atoms with Gasteiger partial charge in [-0.05, 0) is 54.3 Å². The van der Waals surface area contributed by atoms with E-state index in [1.54, 1.807) is 48.7 Å². The first-order valence-corrected chi connectivity index (χ1v) is 11.6. The van der Waals surface area contributed by atoms with Gasteiger partial charge in [-0.2, -0.15) is 0 Å². The minimum atomic E-state index is -2.94. The first-order valence-electron chi connectivity index (χ1n) is 11.6. The molecule has 6 nitrogen and oxygen atoms in total. The zero-order valence-electron chi connectivity index (χ0n) is 18.9. The van der Waals surface area contributed by atoms with Crippen molar-refractivity contribution in [2.24, 2.45) is 5.92 Å². The summed E-state index contributed by atoms with van der Waals surface area (Å²) in [6, 6.07) is 15.0. The van der Waals surface area contributed by atoms with Gasteiger partial charge in [-0.25, -0.2) is 13.8 Å². The number of Topliss-reactive ketones (excluding diaryl/α,β-unsaturated/α-hetero) is 1. The van der Waals surface area contributed by atoms with Crippen LogP contribution in [0.5, 0.6) is 17.2 Å². The van der Waals surface area contributed by atoms with Gasteiger partial charge in [0.1, 0.15) is 28.8 Å². The van der Waals surface area contributed by atoms with Crippen LogP contribution >= 0.6 is 0 Å². The summed E-state index contributed by atoms with van der Waals surface area (Å²) in [4.78, 5) is 28.6. The maximum atomic E-state index is 14.2. The second kappa shape index (κ2) is 9.44. The van der Waals surface area contributed by atoms with Gasteiger partial charge in [0.05, 0.1) is 18.6 Å². The van der Waals surface area contributed by atoms with Crippen LogP contribution in [-0.2, 0) is 28.4 Å². The van der Waals surface area contributed by atoms with Crippen molar-refractivity contribution in [2.75, 3.05) is 11.9 Å². The Kier molecular flexibility index (Phi) is 6.19. The molecule has 0 unspecified atom stereocenters. The van der Waals surface area contributed by atoms with Gasteiger partial charge in [0, 0.05) is 31.0 Å². The highest BCUT2D eigenvalue weighted by Crippen LogP contribution is 2.41. The first-order chi connectivity index (χ1) is 16.9. The number of ether oxygens (including phenoxy) is 2. The monoisotopic (exact) mass is 478 g/mol. The number of aromatic nitrogens is 1. The average molecular weight is 478 g/mol. The molecule has 1 aliphatic carbocycles. The summed E-state index contributed by atoms with van der Waals surface area (Å²) in [7, 11) is 0. The lowest BCUT2D eigenvalue weighted by molar-refractivity contribution is -0.118. The summed E-state index contributed by atoms with van der Waals surface area (Å²) < 4.78 is 39.5. The molecule has 1 amide bonds. The van der Waals surface area contributed by atoms with E-state index >= 15 is 0 Å². The Morgan fingerprint density at radius 2 is 1.74 bits per heavy atom. The second-order valence-corrected chi connectivity index (χ2v) is 8.91. The van der Waals surface area contributed by atoms with Crippen molar-refractivity contribution < 1.29 is 27.8 Å². The number of anilines is 1. The van der Waals surface area contributed by atoms with Crippen LogP contribution in [-0.4, -0.2) is 23.3 Å². The first kappa shape index (κ1) is 23.0. The number of amides is 1. The number of fused-ring (bicyclic) bond motifs is 1. The van der Waals surface area contributed by atoms with Crippen LogP contribution in [0.15, 0.2) is 60.8 Å². The number of rotatable bonds is 8. The molecule has 2 heterocycles. The minimum Gasteiger partial charge on any atom is -0.493 e. The normalized spacial score (nSPS) is 16.1. The van der Waals surface area contributed by atoms with Crippen molar-refractivity contribution in [1.29, 1.82) is 0 Å². The predicted octanol–water partition coefficient (Wildman–Crippen LogP) is 5.45. The predicted molar refractivity (Wildman–Crippen MR) is 125 cm³/mol. The number of ketones is 1. The smallest absolute Gasteiger partial charge is 0.280 e. The summed E-state index contributed by atoms with van der Waals surface area (Å²) in [5.74, 6) is -1.25. The highest BCUT2D eigenvalue weighted by atomic mass is 19.3. The van der Waals surface area contributed by atoms with Gasteiger partial charge in [0.2, 0.25) is 5.91 Å². The molecule has 1 saturated carbocycles. The van der Waals surface area contributed by atoms with Crippen LogP contribution in [0.3, 0.4) is 0 Å². The number of pyridine rings is 1. The highest BCUT2D eigenvalue weighted by Gasteiger charge is 2.38. The topological polar surface area (TPSA) is 77.5 Å². The van der Waals surface area contributed by atoms with Crippen molar-refractivity contribution in [3.63, 3.8) is 0 Å². The maximum absolute atomic E-state index is 14.2. The molecule has 5 rings (SSSR count). The summed E-state index contributed by atoms with van der Waals surface area (Å²) in [5.41, 5.74) is 1.18. The number of hydrogen-bond donors (Lipinski definition) is 1. The fraction of sp³-hybridized carbons (Fsp3) is 0.296. The molecule has 0 saturated heterocycles. The lowest BCUT2D eigenvalue weighted by atomic mass is 9.96. The lowest BCUT2D eigenvalue weighted by Gasteiger charge is -2.26. The van der Waals surface area contributed by atoms with Gasteiger partial charge < -0.3 is 14.8 Å². The Hall–Kier alpha value is -3.81. The van der Waals surface area contributed by atoms with E-state index in [1.807, 2.05) is 0 Å². The molecule has 180 valence electrons. The molecule has 8 heteroatoms. The van der Waals surface area contributed by atoms with Crippen LogP contribution in [0.25, 0.3) is 0 Å². The molecule has 0 radical (unpaired) electrons. The SMILES string of the molecule is O=C(Cc1ccc(Oc2ccnc(NC(=O)C3CC3)c2)cc1)Cc1ccc2c(c1)C(F)(F)CCO2. The Morgan fingerprint density at radius 1 is 1.00 bits per heavy atom. The van der Waals surface area contributed by atoms with Crippen molar-refractivity contribution >= 4 is 17.5 Å². The number of alkyl halides is 2. The van der Waals surface area contributed by atoms with E-state index in [4.69, 9.17) is 9.47 Å². The van der Waals surface area contributed by atoms with E-state index < -0.39 is 5.92 Å². The van der Waals surface area contributed by atoms with Gasteiger partial charge in [0.25, 0.3) is 5.92 Å². The van der Waals surface area contributed by atoms with E-state index in [1.165, 1.54) is 12.1 Å². The lowest BCUT2D eigenvalue weighted by Crippen LogP contribution is -2.24. The average Bonchev–Trinajstić information content (AvgIpc) is 3.67. The Balaban J connectivity index is 1.18. The van der Waals surface area contributed by atoms with Gasteiger partial charge in [-0.15, -0.1) is 0 Å². The second-order valence-electron chi connectivity index (χ2n) is 8.91. The summed E-state index contributed by atoms with van der Waals surface area (Å²) in [5, 5.41) is 2.79. The van der Waals surface area contributed by atoms with E-state index in [-0.39, 0.29) is 54.8 Å². The quantitative estimate of drug-likeness (QED) is 0.466. The van der Waals surface area contributed by atoms with Gasteiger partial charge in [-0.1, -0.05) is 18.2 Å². The fourth-order valence-corrected chi connectivity index (χ4v) is 3.97. The third kappa shape index (κ3) is 5.65. The minimum absolute atomic E-state index is 0.0166. The molecule has 2 aliphatic rings. The molecule has 0 spiro atoms. The van der Waals surface area contributed by atoms with Crippen molar-refractivity contribution in [2.45, 2.75) is 38.0 Å². The molecule has 0 atom stereocenters. The van der Waals surface area contributed by atoms with Crippen molar-refractivity contribution in [3.8, 4) is 17.2 Å². The largest absolute Gasteiger partial charge is 0.493 e. The van der Waals surface area contributed by atoms with E-state index in [0.29, 0.717) is 22.9 Å². The molecule has 3 aromatic rings. The maximum Gasteiger partial charge on any atom is 0.280 e. The molecule has 1 N–H and O–H groups in total. The molecular formula is C27H24F2N2O4. The van der Waals surface area contributed by atoms with E-state index in [2.05, 4.69) is 10.3 Å². The van der Waals surface area contributed by atoms with Crippen molar-refractivity contribution in [3.05, 3.63) is 77.5 Å². The Bertz CT molecular complexity index is 1260. The van der Waals surface area contributed by atoms with Crippen LogP contribution in [0.1, 0.15) is 36.0 Å². The van der Waals surface area contributed by atoms with Gasteiger partial charge >= 0.3 is 0 Å². The third-order valence-corrected chi connectivity index (χ3v) is 6.00. The Labute approximate surface area is 201 Å². The molecule has 1 aliphatic heterocycles. The highest BCUT2D eigenvalue weighted by molar-refractivity contribution is 5.93. The molecular weight excluding hydrogens is 454 g/mol. The zero-order chi connectivity index (χ0) is 24.4. The number of benzene rings is 2. The van der Waals surface area contributed by atoms with Crippen LogP contribution in [0, 0.1) is 5.92 Å². The van der Waals surface area contributed by atoms with Crippen molar-refractivity contribution in [1.82, 2.24) is 4.98 Å². The zero-order valence-corrected chi connectivity index (χ0v) is 18.9. The summed E-state index contributed by atoms with van der Waals surface area (Å²) in [6.45, 7) is -0.0166. The fourth-order valence-electron chi connectivity index (χ4n) is 3.97. The van der Waals surface area contributed by atoms with E-state index in [9.17, 15) is 18.4 Å². The summed E-state index contributed by atoms with van der Waals surface area (Å²) >= 11 is 0. The number of halogens is 2. The van der Waals surface area contributed by atoms with Gasteiger partial charge in [0.15, 0.2) is 0 Å². The van der Waals surface area contributed by atoms with Crippen LogP contribution in [0.4, 0.5) is 14.6 Å².